The van der Waals surface area contributed by atoms with Crippen molar-refractivity contribution in [2.45, 2.75) is 51.9 Å². The molecule has 0 rings (SSSR count). The predicted octanol–water partition coefficient (Wildman–Crippen LogP) is 3.99. The van der Waals surface area contributed by atoms with E-state index in [1.807, 2.05) is 6.92 Å². The van der Waals surface area contributed by atoms with E-state index in [1.165, 1.54) is 44.9 Å². The lowest BCUT2D eigenvalue weighted by Gasteiger charge is -2.01. The second-order valence-corrected chi connectivity index (χ2v) is 3.74. The van der Waals surface area contributed by atoms with E-state index in [-0.39, 0.29) is 0 Å². The van der Waals surface area contributed by atoms with Crippen LogP contribution in [0.1, 0.15) is 51.9 Å². The maximum atomic E-state index is 5.58. The number of rotatable bonds is 10. The largest absolute Gasteiger partial charge is 0.382 e. The average Bonchev–Trinajstić information content (AvgIpc) is 2.16. The molecule has 0 N–H and O–H groups in total. The van der Waals surface area contributed by atoms with Gasteiger partial charge in [-0.1, -0.05) is 32.1 Å². The number of unbranched alkanes of at least 4 members (excludes halogenated alkanes) is 6. The molecule has 0 bridgehead atoms. The number of hydrogen-bond acceptors (Lipinski definition) is 1. The second kappa shape index (κ2) is 12.2. The Morgan fingerprint density at radius 3 is 1.92 bits per heavy atom. The zero-order valence-electron chi connectivity index (χ0n) is 8.86. The molecule has 80 valence electrons. The maximum absolute atomic E-state index is 5.58. The Kier molecular flexibility index (Phi) is 12.5. The molecule has 13 heavy (non-hydrogen) atoms. The van der Waals surface area contributed by atoms with Gasteiger partial charge in [0.2, 0.25) is 0 Å². The first-order chi connectivity index (χ1) is 6.41. The van der Waals surface area contributed by atoms with Crippen LogP contribution in [0.25, 0.3) is 0 Å². The molecule has 0 saturated heterocycles. The molecule has 0 saturated carbocycles. The van der Waals surface area contributed by atoms with Gasteiger partial charge in [-0.05, 0) is 19.8 Å². The van der Waals surface area contributed by atoms with Gasteiger partial charge in [-0.2, -0.15) is 0 Å². The average molecular weight is 207 g/mol. The van der Waals surface area contributed by atoms with Crippen LogP contribution in [0.15, 0.2) is 0 Å². The van der Waals surface area contributed by atoms with Crippen molar-refractivity contribution in [3.8, 4) is 0 Å². The minimum atomic E-state index is 0.824. The van der Waals surface area contributed by atoms with Crippen molar-refractivity contribution in [1.82, 2.24) is 0 Å². The lowest BCUT2D eigenvalue weighted by atomic mass is 10.1. The summed E-state index contributed by atoms with van der Waals surface area (Å²) in [5.41, 5.74) is 0. The summed E-state index contributed by atoms with van der Waals surface area (Å²) in [5, 5.41) is 0. The summed E-state index contributed by atoms with van der Waals surface area (Å²) in [7, 11) is 0. The quantitative estimate of drug-likeness (QED) is 0.388. The molecular formula is C11H23ClO. The normalized spacial score (nSPS) is 10.6. The van der Waals surface area contributed by atoms with Gasteiger partial charge in [-0.3, -0.25) is 0 Å². The van der Waals surface area contributed by atoms with Crippen LogP contribution in [0.2, 0.25) is 0 Å². The summed E-state index contributed by atoms with van der Waals surface area (Å²) >= 11 is 5.58. The molecule has 0 aliphatic carbocycles. The minimum Gasteiger partial charge on any atom is -0.382 e. The molecule has 0 fully saturated rings. The van der Waals surface area contributed by atoms with Crippen molar-refractivity contribution < 1.29 is 4.74 Å². The Hall–Kier alpha value is 0.250. The standard InChI is InChI=1S/C11H23ClO/c1-2-13-11-9-7-5-3-4-6-8-10-12/h2-11H2,1H3. The van der Waals surface area contributed by atoms with Crippen molar-refractivity contribution in [2.24, 2.45) is 0 Å². The van der Waals surface area contributed by atoms with E-state index in [9.17, 15) is 0 Å². The van der Waals surface area contributed by atoms with Crippen LogP contribution in [0.3, 0.4) is 0 Å². The van der Waals surface area contributed by atoms with Crippen LogP contribution < -0.4 is 0 Å². The molecule has 0 unspecified atom stereocenters. The van der Waals surface area contributed by atoms with Gasteiger partial charge < -0.3 is 4.74 Å². The van der Waals surface area contributed by atoms with Crippen LogP contribution in [-0.4, -0.2) is 19.1 Å². The summed E-state index contributed by atoms with van der Waals surface area (Å²) < 4.78 is 5.26. The SMILES string of the molecule is CCOCCCCCCCCCCl. The third kappa shape index (κ3) is 12.2. The smallest absolute Gasteiger partial charge is 0.0465 e. The first-order valence-electron chi connectivity index (χ1n) is 5.55. The molecule has 0 spiro atoms. The topological polar surface area (TPSA) is 9.23 Å². The third-order valence-corrected chi connectivity index (χ3v) is 2.39. The summed E-state index contributed by atoms with van der Waals surface area (Å²) in [6, 6.07) is 0. The summed E-state index contributed by atoms with van der Waals surface area (Å²) in [4.78, 5) is 0. The highest BCUT2D eigenvalue weighted by Gasteiger charge is 1.91. The number of halogens is 1. The van der Waals surface area contributed by atoms with Crippen molar-refractivity contribution in [3.63, 3.8) is 0 Å². The molecule has 0 aromatic rings. The fourth-order valence-electron chi connectivity index (χ4n) is 1.33. The lowest BCUT2D eigenvalue weighted by Crippen LogP contribution is -1.92. The first-order valence-corrected chi connectivity index (χ1v) is 6.09. The molecule has 0 aliphatic heterocycles. The fourth-order valence-corrected chi connectivity index (χ4v) is 1.52. The highest BCUT2D eigenvalue weighted by molar-refractivity contribution is 6.17. The maximum Gasteiger partial charge on any atom is 0.0465 e. The minimum absolute atomic E-state index is 0.824. The van der Waals surface area contributed by atoms with Crippen LogP contribution in [0, 0.1) is 0 Å². The van der Waals surface area contributed by atoms with Gasteiger partial charge in [0.15, 0.2) is 0 Å². The molecule has 1 nitrogen and oxygen atoms in total. The van der Waals surface area contributed by atoms with Crippen LogP contribution >= 0.6 is 11.6 Å². The molecule has 0 atom stereocenters. The van der Waals surface area contributed by atoms with Gasteiger partial charge >= 0.3 is 0 Å². The zero-order chi connectivity index (χ0) is 9.78. The van der Waals surface area contributed by atoms with Crippen molar-refractivity contribution in [1.29, 1.82) is 0 Å². The Morgan fingerprint density at radius 2 is 1.38 bits per heavy atom. The predicted molar refractivity (Wildman–Crippen MR) is 59.5 cm³/mol. The van der Waals surface area contributed by atoms with Crippen LogP contribution in [0.4, 0.5) is 0 Å². The van der Waals surface area contributed by atoms with Crippen molar-refractivity contribution in [3.05, 3.63) is 0 Å². The molecule has 0 aliphatic rings. The number of alkyl halides is 1. The zero-order valence-corrected chi connectivity index (χ0v) is 9.61. The summed E-state index contributed by atoms with van der Waals surface area (Å²) in [5.74, 6) is 0.824. The Bertz CT molecular complexity index is 76.2. The van der Waals surface area contributed by atoms with E-state index in [0.717, 1.165) is 19.1 Å². The number of ether oxygens (including phenoxy) is 1. The van der Waals surface area contributed by atoms with Crippen LogP contribution in [-0.2, 0) is 4.74 Å². The van der Waals surface area contributed by atoms with E-state index in [2.05, 4.69) is 0 Å². The Balaban J connectivity index is 2.76. The highest BCUT2D eigenvalue weighted by Crippen LogP contribution is 2.07. The van der Waals surface area contributed by atoms with Gasteiger partial charge in [0.25, 0.3) is 0 Å². The van der Waals surface area contributed by atoms with Gasteiger partial charge in [0.1, 0.15) is 0 Å². The molecule has 0 amide bonds. The van der Waals surface area contributed by atoms with E-state index < -0.39 is 0 Å². The third-order valence-electron chi connectivity index (χ3n) is 2.13. The second-order valence-electron chi connectivity index (χ2n) is 3.36. The van der Waals surface area contributed by atoms with Gasteiger partial charge in [0, 0.05) is 19.1 Å². The van der Waals surface area contributed by atoms with Crippen molar-refractivity contribution in [2.75, 3.05) is 19.1 Å². The van der Waals surface area contributed by atoms with Crippen molar-refractivity contribution >= 4 is 11.6 Å². The van der Waals surface area contributed by atoms with E-state index >= 15 is 0 Å². The molecule has 0 heterocycles. The lowest BCUT2D eigenvalue weighted by molar-refractivity contribution is 0.143. The highest BCUT2D eigenvalue weighted by atomic mass is 35.5. The first kappa shape index (κ1) is 13.2. The van der Waals surface area contributed by atoms with Gasteiger partial charge in [-0.25, -0.2) is 0 Å². The molecule has 0 radical (unpaired) electrons. The van der Waals surface area contributed by atoms with E-state index in [4.69, 9.17) is 16.3 Å². The summed E-state index contributed by atoms with van der Waals surface area (Å²) in [6.45, 7) is 3.85. The van der Waals surface area contributed by atoms with Gasteiger partial charge in [0.05, 0.1) is 0 Å². The fraction of sp³-hybridized carbons (Fsp3) is 1.00. The molecule has 0 aromatic carbocycles. The van der Waals surface area contributed by atoms with Gasteiger partial charge in [-0.15, -0.1) is 11.6 Å². The Morgan fingerprint density at radius 1 is 0.846 bits per heavy atom. The monoisotopic (exact) mass is 206 g/mol. The summed E-state index contributed by atoms with van der Waals surface area (Å²) in [6.07, 6.45) is 9.10. The number of hydrogen-bond donors (Lipinski definition) is 0. The molecule has 0 aromatic heterocycles. The molecule has 2 heteroatoms. The van der Waals surface area contributed by atoms with Crippen LogP contribution in [0.5, 0.6) is 0 Å². The van der Waals surface area contributed by atoms with E-state index in [1.54, 1.807) is 0 Å². The van der Waals surface area contributed by atoms with E-state index in [0.29, 0.717) is 0 Å². The Labute approximate surface area is 87.8 Å². The molecular weight excluding hydrogens is 184 g/mol.